The second-order valence-corrected chi connectivity index (χ2v) is 4.15. The van der Waals surface area contributed by atoms with E-state index in [2.05, 4.69) is 9.97 Å². The van der Waals surface area contributed by atoms with E-state index in [-0.39, 0.29) is 0 Å². The highest BCUT2D eigenvalue weighted by Gasteiger charge is 2.03. The van der Waals surface area contributed by atoms with Gasteiger partial charge in [-0.2, -0.15) is 0 Å². The number of benzene rings is 1. The zero-order chi connectivity index (χ0) is 13.1. The number of aromatic amines is 1. The third-order valence-corrected chi connectivity index (χ3v) is 2.72. The monoisotopic (exact) mass is 251 g/mol. The SMILES string of the molecule is Nc1cccc(Oc2ccnc(-c3cc[nH]c3)c2)c1. The molecule has 2 aromatic heterocycles. The normalized spacial score (nSPS) is 10.3. The first kappa shape index (κ1) is 11.3. The molecule has 3 N–H and O–H groups in total. The number of nitrogen functional groups attached to an aromatic ring is 1. The maximum atomic E-state index is 5.77. The number of anilines is 1. The number of pyridine rings is 1. The summed E-state index contributed by atoms with van der Waals surface area (Å²) < 4.78 is 5.77. The summed E-state index contributed by atoms with van der Waals surface area (Å²) in [6.45, 7) is 0. The molecule has 0 amide bonds. The summed E-state index contributed by atoms with van der Waals surface area (Å²) >= 11 is 0. The molecule has 4 nitrogen and oxygen atoms in total. The second-order valence-electron chi connectivity index (χ2n) is 4.15. The molecule has 0 aliphatic heterocycles. The molecule has 94 valence electrons. The van der Waals surface area contributed by atoms with Crippen molar-refractivity contribution in [2.24, 2.45) is 0 Å². The van der Waals surface area contributed by atoms with E-state index in [4.69, 9.17) is 10.5 Å². The van der Waals surface area contributed by atoms with E-state index in [1.807, 2.05) is 48.8 Å². The van der Waals surface area contributed by atoms with Gasteiger partial charge in [-0.25, -0.2) is 0 Å². The van der Waals surface area contributed by atoms with Gasteiger partial charge in [-0.15, -0.1) is 0 Å². The molecule has 0 saturated heterocycles. The van der Waals surface area contributed by atoms with Gasteiger partial charge in [0, 0.05) is 42.0 Å². The Morgan fingerprint density at radius 1 is 1.05 bits per heavy atom. The van der Waals surface area contributed by atoms with Crippen LogP contribution in [-0.2, 0) is 0 Å². The smallest absolute Gasteiger partial charge is 0.131 e. The second kappa shape index (κ2) is 4.86. The molecule has 1 aromatic carbocycles. The fourth-order valence-electron chi connectivity index (χ4n) is 1.83. The summed E-state index contributed by atoms with van der Waals surface area (Å²) in [5.74, 6) is 1.45. The number of ether oxygens (including phenoxy) is 1. The van der Waals surface area contributed by atoms with Crippen molar-refractivity contribution in [1.82, 2.24) is 9.97 Å². The molecule has 0 bridgehead atoms. The molecular formula is C15H13N3O. The van der Waals surface area contributed by atoms with Gasteiger partial charge in [0.05, 0.1) is 5.69 Å². The molecule has 0 unspecified atom stereocenters. The van der Waals surface area contributed by atoms with Crippen molar-refractivity contribution in [3.8, 4) is 22.8 Å². The van der Waals surface area contributed by atoms with E-state index < -0.39 is 0 Å². The zero-order valence-corrected chi connectivity index (χ0v) is 10.2. The van der Waals surface area contributed by atoms with Gasteiger partial charge >= 0.3 is 0 Å². The van der Waals surface area contributed by atoms with Crippen LogP contribution in [0, 0.1) is 0 Å². The first-order valence-corrected chi connectivity index (χ1v) is 5.94. The van der Waals surface area contributed by atoms with Crippen molar-refractivity contribution in [3.63, 3.8) is 0 Å². The third-order valence-electron chi connectivity index (χ3n) is 2.72. The minimum Gasteiger partial charge on any atom is -0.457 e. The quantitative estimate of drug-likeness (QED) is 0.701. The number of nitrogens with two attached hydrogens (primary N) is 1. The Morgan fingerprint density at radius 2 is 1.95 bits per heavy atom. The Hall–Kier alpha value is -2.75. The first-order valence-electron chi connectivity index (χ1n) is 5.94. The lowest BCUT2D eigenvalue weighted by molar-refractivity contribution is 0.482. The Morgan fingerprint density at radius 3 is 2.74 bits per heavy atom. The maximum Gasteiger partial charge on any atom is 0.131 e. The molecule has 3 aromatic rings. The molecule has 0 aliphatic carbocycles. The van der Waals surface area contributed by atoms with Gasteiger partial charge < -0.3 is 15.5 Å². The van der Waals surface area contributed by atoms with Crippen LogP contribution in [0.4, 0.5) is 5.69 Å². The fourth-order valence-corrected chi connectivity index (χ4v) is 1.83. The Balaban J connectivity index is 1.88. The lowest BCUT2D eigenvalue weighted by Crippen LogP contribution is -1.89. The van der Waals surface area contributed by atoms with Gasteiger partial charge in [-0.05, 0) is 24.3 Å². The summed E-state index contributed by atoms with van der Waals surface area (Å²) in [5, 5.41) is 0. The maximum absolute atomic E-state index is 5.77. The van der Waals surface area contributed by atoms with Crippen molar-refractivity contribution >= 4 is 5.69 Å². The molecule has 19 heavy (non-hydrogen) atoms. The standard InChI is InChI=1S/C15H13N3O/c16-12-2-1-3-13(8-12)19-14-5-7-18-15(9-14)11-4-6-17-10-11/h1-10,17H,16H2. The van der Waals surface area contributed by atoms with Gasteiger partial charge in [0.2, 0.25) is 0 Å². The topological polar surface area (TPSA) is 63.9 Å². The highest BCUT2D eigenvalue weighted by atomic mass is 16.5. The molecule has 4 heteroatoms. The van der Waals surface area contributed by atoms with E-state index >= 15 is 0 Å². The minimum atomic E-state index is 0.678. The predicted molar refractivity (Wildman–Crippen MR) is 75.0 cm³/mol. The van der Waals surface area contributed by atoms with Gasteiger partial charge in [0.1, 0.15) is 11.5 Å². The molecule has 0 saturated carbocycles. The largest absolute Gasteiger partial charge is 0.457 e. The summed E-state index contributed by atoms with van der Waals surface area (Å²) in [6.07, 6.45) is 5.49. The van der Waals surface area contributed by atoms with E-state index in [1.165, 1.54) is 0 Å². The van der Waals surface area contributed by atoms with Crippen molar-refractivity contribution in [1.29, 1.82) is 0 Å². The average molecular weight is 251 g/mol. The fraction of sp³-hybridized carbons (Fsp3) is 0. The number of hydrogen-bond donors (Lipinski definition) is 2. The van der Waals surface area contributed by atoms with Gasteiger partial charge in [-0.3, -0.25) is 4.98 Å². The van der Waals surface area contributed by atoms with Gasteiger partial charge in [0.25, 0.3) is 0 Å². The predicted octanol–water partition coefficient (Wildman–Crippen LogP) is 3.45. The Kier molecular flexibility index (Phi) is 2.90. The van der Waals surface area contributed by atoms with Crippen LogP contribution in [-0.4, -0.2) is 9.97 Å². The van der Waals surface area contributed by atoms with E-state index in [0.29, 0.717) is 11.4 Å². The number of hydrogen-bond acceptors (Lipinski definition) is 3. The zero-order valence-electron chi connectivity index (χ0n) is 10.2. The number of nitrogens with one attached hydrogen (secondary N) is 1. The van der Waals surface area contributed by atoms with Crippen LogP contribution in [0.3, 0.4) is 0 Å². The number of H-pyrrole nitrogens is 1. The van der Waals surface area contributed by atoms with Crippen LogP contribution >= 0.6 is 0 Å². The summed E-state index contributed by atoms with van der Waals surface area (Å²) in [4.78, 5) is 7.32. The number of nitrogens with zero attached hydrogens (tertiary/aromatic N) is 1. The molecule has 0 spiro atoms. The Bertz CT molecular complexity index is 677. The molecule has 3 rings (SSSR count). The average Bonchev–Trinajstić information content (AvgIpc) is 2.93. The third kappa shape index (κ3) is 2.57. The van der Waals surface area contributed by atoms with Crippen LogP contribution in [0.1, 0.15) is 0 Å². The minimum absolute atomic E-state index is 0.678. The Labute approximate surface area is 110 Å². The van der Waals surface area contributed by atoms with E-state index in [9.17, 15) is 0 Å². The van der Waals surface area contributed by atoms with Crippen molar-refractivity contribution < 1.29 is 4.74 Å². The molecular weight excluding hydrogens is 238 g/mol. The van der Waals surface area contributed by atoms with E-state index in [0.717, 1.165) is 17.0 Å². The molecule has 2 heterocycles. The van der Waals surface area contributed by atoms with Crippen LogP contribution < -0.4 is 10.5 Å². The summed E-state index contributed by atoms with van der Waals surface area (Å²) in [5.41, 5.74) is 8.29. The first-order chi connectivity index (χ1) is 9.31. The van der Waals surface area contributed by atoms with Crippen LogP contribution in [0.15, 0.2) is 61.1 Å². The summed E-state index contributed by atoms with van der Waals surface area (Å²) in [7, 11) is 0. The lowest BCUT2D eigenvalue weighted by Gasteiger charge is -2.07. The number of rotatable bonds is 3. The van der Waals surface area contributed by atoms with Crippen LogP contribution in [0.5, 0.6) is 11.5 Å². The number of aromatic nitrogens is 2. The van der Waals surface area contributed by atoms with E-state index in [1.54, 1.807) is 12.3 Å². The van der Waals surface area contributed by atoms with Gasteiger partial charge in [-0.1, -0.05) is 6.07 Å². The van der Waals surface area contributed by atoms with Gasteiger partial charge in [0.15, 0.2) is 0 Å². The molecule has 0 radical (unpaired) electrons. The van der Waals surface area contributed by atoms with Crippen molar-refractivity contribution in [2.45, 2.75) is 0 Å². The van der Waals surface area contributed by atoms with Crippen molar-refractivity contribution in [3.05, 3.63) is 61.1 Å². The molecule has 0 atom stereocenters. The highest BCUT2D eigenvalue weighted by Crippen LogP contribution is 2.26. The lowest BCUT2D eigenvalue weighted by atomic mass is 10.2. The highest BCUT2D eigenvalue weighted by molar-refractivity contribution is 5.59. The van der Waals surface area contributed by atoms with Crippen molar-refractivity contribution in [2.75, 3.05) is 5.73 Å². The molecule has 0 fully saturated rings. The van der Waals surface area contributed by atoms with Crippen LogP contribution in [0.25, 0.3) is 11.3 Å². The molecule has 0 aliphatic rings. The summed E-state index contributed by atoms with van der Waals surface area (Å²) in [6, 6.07) is 13.0. The van der Waals surface area contributed by atoms with Crippen LogP contribution in [0.2, 0.25) is 0 Å².